The number of carbonyl (C=O) groups excluding carboxylic acids is 2. The second-order valence-corrected chi connectivity index (χ2v) is 5.79. The minimum absolute atomic E-state index is 0.113. The SMILES string of the molecule is CC1CNCCC1N1C(=O)C2CCC(C2)C1=O. The van der Waals surface area contributed by atoms with E-state index < -0.39 is 0 Å². The molecule has 4 heteroatoms. The zero-order chi connectivity index (χ0) is 12.0. The lowest BCUT2D eigenvalue weighted by atomic mass is 9.88. The number of fused-ring (bicyclic) bond motifs is 2. The van der Waals surface area contributed by atoms with Crippen LogP contribution in [0.1, 0.15) is 32.6 Å². The van der Waals surface area contributed by atoms with Crippen LogP contribution in [-0.2, 0) is 9.59 Å². The Labute approximate surface area is 102 Å². The van der Waals surface area contributed by atoms with Crippen molar-refractivity contribution in [1.82, 2.24) is 10.2 Å². The molecular formula is C13H20N2O2. The first-order chi connectivity index (χ1) is 8.18. The lowest BCUT2D eigenvalue weighted by molar-refractivity contribution is -0.157. The van der Waals surface area contributed by atoms with E-state index in [1.54, 1.807) is 4.90 Å². The second-order valence-electron chi connectivity index (χ2n) is 5.79. The maximum Gasteiger partial charge on any atom is 0.232 e. The summed E-state index contributed by atoms with van der Waals surface area (Å²) in [6, 6.07) is 0.139. The minimum atomic E-state index is 0.113. The Morgan fingerprint density at radius 3 is 2.35 bits per heavy atom. The first-order valence-corrected chi connectivity index (χ1v) is 6.76. The minimum Gasteiger partial charge on any atom is -0.316 e. The third-order valence-corrected chi connectivity index (χ3v) is 4.68. The van der Waals surface area contributed by atoms with Crippen molar-refractivity contribution in [2.45, 2.75) is 38.6 Å². The molecule has 4 atom stereocenters. The number of nitrogens with zero attached hydrogens (tertiary/aromatic N) is 1. The molecule has 2 amide bonds. The van der Waals surface area contributed by atoms with Crippen molar-refractivity contribution in [2.24, 2.45) is 17.8 Å². The third kappa shape index (κ3) is 1.69. The average molecular weight is 236 g/mol. The molecule has 4 unspecified atom stereocenters. The molecule has 0 aromatic heterocycles. The van der Waals surface area contributed by atoms with Crippen molar-refractivity contribution in [3.05, 3.63) is 0 Å². The van der Waals surface area contributed by atoms with Gasteiger partial charge in [-0.05, 0) is 44.7 Å². The molecule has 4 nitrogen and oxygen atoms in total. The van der Waals surface area contributed by atoms with E-state index in [9.17, 15) is 9.59 Å². The molecule has 3 fully saturated rings. The first kappa shape index (κ1) is 11.2. The highest BCUT2D eigenvalue weighted by Crippen LogP contribution is 2.40. The number of hydrogen-bond donors (Lipinski definition) is 1. The zero-order valence-electron chi connectivity index (χ0n) is 10.3. The molecule has 0 aromatic carbocycles. The van der Waals surface area contributed by atoms with Crippen LogP contribution in [0.4, 0.5) is 0 Å². The van der Waals surface area contributed by atoms with Gasteiger partial charge in [0.25, 0.3) is 0 Å². The van der Waals surface area contributed by atoms with E-state index in [0.29, 0.717) is 5.92 Å². The number of amides is 2. The molecule has 1 aliphatic carbocycles. The van der Waals surface area contributed by atoms with Crippen molar-refractivity contribution in [3.8, 4) is 0 Å². The van der Waals surface area contributed by atoms with E-state index in [2.05, 4.69) is 12.2 Å². The number of hydrogen-bond acceptors (Lipinski definition) is 3. The van der Waals surface area contributed by atoms with Gasteiger partial charge in [-0.1, -0.05) is 6.92 Å². The summed E-state index contributed by atoms with van der Waals surface area (Å²) >= 11 is 0. The van der Waals surface area contributed by atoms with Gasteiger partial charge in [-0.15, -0.1) is 0 Å². The number of piperidine rings is 2. The monoisotopic (exact) mass is 236 g/mol. The van der Waals surface area contributed by atoms with Gasteiger partial charge in [0.1, 0.15) is 0 Å². The molecule has 0 radical (unpaired) electrons. The molecule has 2 saturated heterocycles. The first-order valence-electron chi connectivity index (χ1n) is 6.76. The van der Waals surface area contributed by atoms with E-state index in [-0.39, 0.29) is 29.7 Å². The van der Waals surface area contributed by atoms with Crippen molar-refractivity contribution in [2.75, 3.05) is 13.1 Å². The highest BCUT2D eigenvalue weighted by molar-refractivity contribution is 6.01. The van der Waals surface area contributed by atoms with Crippen LogP contribution in [-0.4, -0.2) is 35.8 Å². The van der Waals surface area contributed by atoms with E-state index in [4.69, 9.17) is 0 Å². The maximum atomic E-state index is 12.3. The van der Waals surface area contributed by atoms with Crippen molar-refractivity contribution < 1.29 is 9.59 Å². The van der Waals surface area contributed by atoms with Crippen LogP contribution in [0.2, 0.25) is 0 Å². The molecule has 3 aliphatic rings. The van der Waals surface area contributed by atoms with E-state index >= 15 is 0 Å². The molecule has 94 valence electrons. The van der Waals surface area contributed by atoms with Gasteiger partial charge in [-0.2, -0.15) is 0 Å². The van der Waals surface area contributed by atoms with Crippen LogP contribution in [0.3, 0.4) is 0 Å². The standard InChI is InChI=1S/C13H20N2O2/c1-8-7-14-5-4-11(8)15-12(16)9-2-3-10(6-9)13(15)17/h8-11,14H,2-7H2,1H3. The molecule has 2 aliphatic heterocycles. The predicted octanol–water partition coefficient (Wildman–Crippen LogP) is 0.769. The van der Waals surface area contributed by atoms with Crippen LogP contribution >= 0.6 is 0 Å². The lowest BCUT2D eigenvalue weighted by Gasteiger charge is -2.41. The summed E-state index contributed by atoms with van der Waals surface area (Å²) in [4.78, 5) is 26.3. The fourth-order valence-electron chi connectivity index (χ4n) is 3.64. The molecule has 1 saturated carbocycles. The van der Waals surface area contributed by atoms with E-state index in [0.717, 1.165) is 38.8 Å². The molecule has 3 rings (SSSR count). The molecule has 0 spiro atoms. The summed E-state index contributed by atoms with van der Waals surface area (Å²) in [5.74, 6) is 0.888. The fourth-order valence-corrected chi connectivity index (χ4v) is 3.64. The average Bonchev–Trinajstić information content (AvgIpc) is 2.76. The molecular weight excluding hydrogens is 216 g/mol. The quantitative estimate of drug-likeness (QED) is 0.684. The second kappa shape index (κ2) is 4.09. The fraction of sp³-hybridized carbons (Fsp3) is 0.846. The molecule has 0 aromatic rings. The highest BCUT2D eigenvalue weighted by atomic mass is 16.2. The third-order valence-electron chi connectivity index (χ3n) is 4.68. The van der Waals surface area contributed by atoms with Gasteiger partial charge < -0.3 is 5.32 Å². The van der Waals surface area contributed by atoms with Gasteiger partial charge in [-0.3, -0.25) is 14.5 Å². The number of carbonyl (C=O) groups is 2. The highest BCUT2D eigenvalue weighted by Gasteiger charge is 2.48. The molecule has 2 bridgehead atoms. The zero-order valence-corrected chi connectivity index (χ0v) is 10.3. The number of imide groups is 1. The normalized spacial score (nSPS) is 42.1. The number of rotatable bonds is 1. The molecule has 1 N–H and O–H groups in total. The van der Waals surface area contributed by atoms with Crippen LogP contribution in [0.25, 0.3) is 0 Å². The van der Waals surface area contributed by atoms with Crippen molar-refractivity contribution in [1.29, 1.82) is 0 Å². The van der Waals surface area contributed by atoms with Crippen molar-refractivity contribution in [3.63, 3.8) is 0 Å². The van der Waals surface area contributed by atoms with Crippen LogP contribution < -0.4 is 5.32 Å². The summed E-state index contributed by atoms with van der Waals surface area (Å²) < 4.78 is 0. The van der Waals surface area contributed by atoms with Gasteiger partial charge in [0.05, 0.1) is 0 Å². The predicted molar refractivity (Wildman–Crippen MR) is 63.1 cm³/mol. The Morgan fingerprint density at radius 1 is 1.12 bits per heavy atom. The smallest absolute Gasteiger partial charge is 0.232 e. The Balaban J connectivity index is 1.85. The van der Waals surface area contributed by atoms with Crippen LogP contribution in [0.15, 0.2) is 0 Å². The maximum absolute atomic E-state index is 12.3. The van der Waals surface area contributed by atoms with Crippen molar-refractivity contribution >= 4 is 11.8 Å². The summed E-state index contributed by atoms with van der Waals surface area (Å²) in [7, 11) is 0. The van der Waals surface area contributed by atoms with Gasteiger partial charge in [0.2, 0.25) is 11.8 Å². The van der Waals surface area contributed by atoms with Gasteiger partial charge in [-0.25, -0.2) is 0 Å². The van der Waals surface area contributed by atoms with Gasteiger partial charge >= 0.3 is 0 Å². The summed E-state index contributed by atoms with van der Waals surface area (Å²) in [6.07, 6.45) is 3.57. The van der Waals surface area contributed by atoms with E-state index in [1.807, 2.05) is 0 Å². The van der Waals surface area contributed by atoms with Gasteiger partial charge in [0.15, 0.2) is 0 Å². The molecule has 17 heavy (non-hydrogen) atoms. The van der Waals surface area contributed by atoms with Crippen LogP contribution in [0.5, 0.6) is 0 Å². The molecule has 2 heterocycles. The topological polar surface area (TPSA) is 49.4 Å². The summed E-state index contributed by atoms with van der Waals surface area (Å²) in [6.45, 7) is 3.96. The summed E-state index contributed by atoms with van der Waals surface area (Å²) in [5.41, 5.74) is 0. The number of likely N-dealkylation sites (tertiary alicyclic amines) is 1. The van der Waals surface area contributed by atoms with Crippen LogP contribution in [0, 0.1) is 17.8 Å². The van der Waals surface area contributed by atoms with Gasteiger partial charge in [0, 0.05) is 17.9 Å². The summed E-state index contributed by atoms with van der Waals surface area (Å²) in [5, 5.41) is 3.32. The largest absolute Gasteiger partial charge is 0.316 e. The van der Waals surface area contributed by atoms with E-state index in [1.165, 1.54) is 0 Å². The Morgan fingerprint density at radius 2 is 1.76 bits per heavy atom. The number of nitrogens with one attached hydrogen (secondary N) is 1. The lowest BCUT2D eigenvalue weighted by Crippen LogP contribution is -2.57. The Hall–Kier alpha value is -0.900. The Kier molecular flexibility index (Phi) is 2.69. The Bertz CT molecular complexity index is 333.